The number of alkyl halides is 3. The zero-order valence-corrected chi connectivity index (χ0v) is 19.1. The third-order valence-corrected chi connectivity index (χ3v) is 5.85. The van der Waals surface area contributed by atoms with E-state index in [2.05, 4.69) is 22.2 Å². The third-order valence-electron chi connectivity index (χ3n) is 5.85. The van der Waals surface area contributed by atoms with Gasteiger partial charge in [-0.15, -0.1) is 0 Å². The van der Waals surface area contributed by atoms with Crippen molar-refractivity contribution in [1.82, 2.24) is 10.3 Å². The van der Waals surface area contributed by atoms with Crippen molar-refractivity contribution in [3.8, 4) is 0 Å². The molecule has 3 rings (SSSR count). The first kappa shape index (κ1) is 25.3. The summed E-state index contributed by atoms with van der Waals surface area (Å²) in [5.41, 5.74) is 2.91. The van der Waals surface area contributed by atoms with Crippen LogP contribution in [0.1, 0.15) is 65.0 Å². The van der Waals surface area contributed by atoms with E-state index in [0.29, 0.717) is 71.6 Å². The van der Waals surface area contributed by atoms with Crippen LogP contribution < -0.4 is 10.6 Å². The van der Waals surface area contributed by atoms with Crippen LogP contribution in [0.3, 0.4) is 0 Å². The number of carbonyl (C=O) groups is 2. The first-order chi connectivity index (χ1) is 16.0. The summed E-state index contributed by atoms with van der Waals surface area (Å²) in [7, 11) is 0. The molecule has 34 heavy (non-hydrogen) atoms. The van der Waals surface area contributed by atoms with E-state index in [4.69, 9.17) is 0 Å². The van der Waals surface area contributed by atoms with E-state index in [1.807, 2.05) is 0 Å². The van der Waals surface area contributed by atoms with Gasteiger partial charge in [-0.05, 0) is 62.9 Å². The highest BCUT2D eigenvalue weighted by atomic mass is 19.4. The van der Waals surface area contributed by atoms with Crippen molar-refractivity contribution in [2.75, 3.05) is 11.9 Å². The van der Waals surface area contributed by atoms with Gasteiger partial charge >= 0.3 is 6.18 Å². The number of aromatic amines is 1. The molecule has 1 aromatic carbocycles. The predicted octanol–water partition coefficient (Wildman–Crippen LogP) is 6.06. The predicted molar refractivity (Wildman–Crippen MR) is 124 cm³/mol. The number of H-pyrrole nitrogens is 1. The second kappa shape index (κ2) is 10.3. The number of rotatable bonds is 9. The number of unbranched alkanes of at least 4 members (excludes halogenated alkanes) is 3. The highest BCUT2D eigenvalue weighted by Gasteiger charge is 2.30. The Hall–Kier alpha value is -3.36. The zero-order chi connectivity index (χ0) is 25.0. The van der Waals surface area contributed by atoms with E-state index in [1.165, 1.54) is 18.2 Å². The van der Waals surface area contributed by atoms with Gasteiger partial charge in [0.1, 0.15) is 5.82 Å². The number of benzene rings is 1. The van der Waals surface area contributed by atoms with Crippen molar-refractivity contribution < 1.29 is 27.2 Å². The second-order valence-electron chi connectivity index (χ2n) is 8.39. The number of carbonyl (C=O) groups excluding carboxylic acids is 2. The number of aryl methyl sites for hydroxylation is 1. The van der Waals surface area contributed by atoms with Crippen molar-refractivity contribution >= 4 is 29.2 Å². The zero-order valence-electron chi connectivity index (χ0n) is 19.1. The van der Waals surface area contributed by atoms with Gasteiger partial charge < -0.3 is 15.6 Å². The van der Waals surface area contributed by atoms with Crippen LogP contribution in [0.2, 0.25) is 0 Å². The molecule has 1 aliphatic rings. The fourth-order valence-electron chi connectivity index (χ4n) is 3.96. The number of aromatic nitrogens is 1. The van der Waals surface area contributed by atoms with E-state index < -0.39 is 17.6 Å². The van der Waals surface area contributed by atoms with Crippen molar-refractivity contribution in [3.63, 3.8) is 0 Å². The summed E-state index contributed by atoms with van der Waals surface area (Å²) in [4.78, 5) is 28.2. The average Bonchev–Trinajstić information content (AvgIpc) is 3.21. The van der Waals surface area contributed by atoms with Crippen molar-refractivity contribution in [2.24, 2.45) is 0 Å². The Kier molecular flexibility index (Phi) is 7.64. The minimum atomic E-state index is -4.34. The number of amides is 2. The molecule has 0 spiro atoms. The van der Waals surface area contributed by atoms with Gasteiger partial charge in [-0.2, -0.15) is 13.2 Å². The Balaban J connectivity index is 1.57. The molecule has 0 fully saturated rings. The molecular weight excluding hydrogens is 450 g/mol. The summed E-state index contributed by atoms with van der Waals surface area (Å²) in [5.74, 6) is -1.08. The smallest absolute Gasteiger partial charge is 0.358 e. The van der Waals surface area contributed by atoms with Gasteiger partial charge in [0.05, 0.1) is 11.1 Å². The molecule has 0 saturated carbocycles. The van der Waals surface area contributed by atoms with Crippen LogP contribution in [0.25, 0.3) is 11.6 Å². The first-order valence-electron chi connectivity index (χ1n) is 11.0. The second-order valence-corrected chi connectivity index (χ2v) is 8.39. The number of allylic oxidation sites excluding steroid dienone is 1. The number of anilines is 1. The first-order valence-corrected chi connectivity index (χ1v) is 11.0. The lowest BCUT2D eigenvalue weighted by Crippen LogP contribution is -2.25. The van der Waals surface area contributed by atoms with E-state index in [9.17, 15) is 27.2 Å². The molecule has 1 aromatic heterocycles. The lowest BCUT2D eigenvalue weighted by molar-refractivity contribution is -0.110. The molecule has 1 aliphatic heterocycles. The molecule has 2 amide bonds. The molecular formula is C25H27F4N3O2. The van der Waals surface area contributed by atoms with Crippen molar-refractivity contribution in [3.05, 3.63) is 64.2 Å². The Morgan fingerprint density at radius 3 is 2.56 bits per heavy atom. The van der Waals surface area contributed by atoms with Gasteiger partial charge in [-0.3, -0.25) is 9.59 Å². The highest BCUT2D eigenvalue weighted by Crippen LogP contribution is 2.34. The van der Waals surface area contributed by atoms with Crippen molar-refractivity contribution in [1.29, 1.82) is 0 Å². The van der Waals surface area contributed by atoms with Gasteiger partial charge in [0, 0.05) is 34.8 Å². The van der Waals surface area contributed by atoms with Crippen molar-refractivity contribution in [2.45, 2.75) is 52.1 Å². The van der Waals surface area contributed by atoms with E-state index in [0.717, 1.165) is 0 Å². The molecule has 5 nitrogen and oxygen atoms in total. The topological polar surface area (TPSA) is 74.0 Å². The summed E-state index contributed by atoms with van der Waals surface area (Å²) < 4.78 is 50.9. The largest absolute Gasteiger partial charge is 0.412 e. The Labute approximate surface area is 195 Å². The fraction of sp³-hybridized carbons (Fsp3) is 0.360. The lowest BCUT2D eigenvalue weighted by Gasteiger charge is -2.09. The minimum absolute atomic E-state index is 0.0784. The summed E-state index contributed by atoms with van der Waals surface area (Å²) in [6, 6.07) is 4.06. The normalized spacial score (nSPS) is 14.3. The molecule has 3 N–H and O–H groups in total. The fourth-order valence-corrected chi connectivity index (χ4v) is 3.96. The Morgan fingerprint density at radius 2 is 1.85 bits per heavy atom. The molecule has 0 bridgehead atoms. The Morgan fingerprint density at radius 1 is 1.15 bits per heavy atom. The lowest BCUT2D eigenvalue weighted by atomic mass is 10.0. The number of hydrogen-bond donors (Lipinski definition) is 3. The average molecular weight is 478 g/mol. The van der Waals surface area contributed by atoms with E-state index >= 15 is 0 Å². The number of nitrogens with one attached hydrogen (secondary N) is 3. The van der Waals surface area contributed by atoms with Gasteiger partial charge in [-0.1, -0.05) is 19.4 Å². The minimum Gasteiger partial charge on any atom is -0.358 e. The van der Waals surface area contributed by atoms with Crippen LogP contribution in [0.4, 0.5) is 23.2 Å². The molecule has 0 atom stereocenters. The molecule has 2 heterocycles. The van der Waals surface area contributed by atoms with Crippen LogP contribution in [0.5, 0.6) is 0 Å². The van der Waals surface area contributed by atoms with Crippen LogP contribution >= 0.6 is 0 Å². The van der Waals surface area contributed by atoms with E-state index in [-0.39, 0.29) is 18.2 Å². The van der Waals surface area contributed by atoms with Gasteiger partial charge in [0.25, 0.3) is 11.8 Å². The molecule has 0 radical (unpaired) electrons. The van der Waals surface area contributed by atoms with Gasteiger partial charge in [0.15, 0.2) is 0 Å². The maximum absolute atomic E-state index is 13.7. The molecule has 2 aromatic rings. The van der Waals surface area contributed by atoms with Crippen LogP contribution in [-0.4, -0.2) is 29.5 Å². The molecule has 9 heteroatoms. The maximum atomic E-state index is 13.7. The summed E-state index contributed by atoms with van der Waals surface area (Å²) in [5, 5.41) is 5.53. The van der Waals surface area contributed by atoms with Gasteiger partial charge in [0.2, 0.25) is 0 Å². The molecule has 0 aliphatic carbocycles. The molecule has 0 saturated heterocycles. The van der Waals surface area contributed by atoms with Gasteiger partial charge in [-0.25, -0.2) is 4.39 Å². The van der Waals surface area contributed by atoms with Crippen LogP contribution in [0, 0.1) is 19.7 Å². The quantitative estimate of drug-likeness (QED) is 0.178. The Bertz CT molecular complexity index is 1150. The highest BCUT2D eigenvalue weighted by molar-refractivity contribution is 6.34. The number of hydrogen-bond acceptors (Lipinski definition) is 2. The molecule has 0 unspecified atom stereocenters. The summed E-state index contributed by atoms with van der Waals surface area (Å²) in [6.45, 7) is 6.97. The maximum Gasteiger partial charge on any atom is 0.412 e. The van der Waals surface area contributed by atoms with Crippen LogP contribution in [-0.2, 0) is 4.79 Å². The SMILES string of the molecule is C=C(CCCCCCNC(=O)c1c(C)[nH]c(/C=C2\C(=O)Nc3ccc(F)cc32)c1C)C(F)(F)F. The van der Waals surface area contributed by atoms with E-state index in [1.54, 1.807) is 19.9 Å². The monoisotopic (exact) mass is 477 g/mol. The summed E-state index contributed by atoms with van der Waals surface area (Å²) >= 11 is 0. The number of halogens is 4. The summed E-state index contributed by atoms with van der Waals surface area (Å²) in [6.07, 6.45) is -0.448. The standard InChI is InChI=1S/C25H27F4N3O2/c1-14(25(27,28)29)8-6-4-5-7-11-30-24(34)22-15(2)21(31-16(22)3)13-19-18-12-17(26)9-10-20(18)32-23(19)33/h9-10,12-13,31H,1,4-8,11H2,2-3H3,(H,30,34)(H,32,33)/b19-13-. The number of fused-ring (bicyclic) bond motifs is 1. The molecule has 182 valence electrons. The van der Waals surface area contributed by atoms with Crippen LogP contribution in [0.15, 0.2) is 30.4 Å². The third kappa shape index (κ3) is 5.76.